The summed E-state index contributed by atoms with van der Waals surface area (Å²) in [6, 6.07) is 1.34. The average molecular weight is 205 g/mol. The van der Waals surface area contributed by atoms with Crippen LogP contribution < -0.4 is 0 Å². The van der Waals surface area contributed by atoms with Crippen LogP contribution in [-0.4, -0.2) is 17.3 Å². The zero-order valence-electron chi connectivity index (χ0n) is 6.88. The first-order valence-electron chi connectivity index (χ1n) is 3.78. The highest BCUT2D eigenvalue weighted by atomic mass is 19.4. The first-order chi connectivity index (χ1) is 6.36. The van der Waals surface area contributed by atoms with Crippen LogP contribution in [-0.2, 0) is 4.79 Å². The Balaban J connectivity index is 2.66. The largest absolute Gasteiger partial charge is 0.477 e. The Bertz CT molecular complexity index is 326. The molecular formula is C8H6F3NO2. The van der Waals surface area contributed by atoms with Crippen molar-refractivity contribution in [3.05, 3.63) is 11.6 Å². The lowest BCUT2D eigenvalue weighted by molar-refractivity contribution is -0.149. The van der Waals surface area contributed by atoms with Crippen molar-refractivity contribution in [3.8, 4) is 6.07 Å². The van der Waals surface area contributed by atoms with Crippen LogP contribution in [0.15, 0.2) is 11.6 Å². The van der Waals surface area contributed by atoms with E-state index in [0.717, 1.165) is 6.08 Å². The number of aliphatic carboxylic acids is 1. The van der Waals surface area contributed by atoms with Crippen LogP contribution in [0.25, 0.3) is 0 Å². The summed E-state index contributed by atoms with van der Waals surface area (Å²) < 4.78 is 36.0. The van der Waals surface area contributed by atoms with Crippen molar-refractivity contribution >= 4 is 5.97 Å². The second kappa shape index (κ2) is 3.33. The fourth-order valence-corrected chi connectivity index (χ4v) is 1.15. The molecule has 76 valence electrons. The molecule has 1 fully saturated rings. The van der Waals surface area contributed by atoms with Crippen molar-refractivity contribution in [2.75, 3.05) is 0 Å². The van der Waals surface area contributed by atoms with Gasteiger partial charge in [-0.3, -0.25) is 0 Å². The highest BCUT2D eigenvalue weighted by Crippen LogP contribution is 2.51. The van der Waals surface area contributed by atoms with Gasteiger partial charge >= 0.3 is 12.1 Å². The standard InChI is InChI=1S/C8H6F3NO2/c9-8(10,11)6-2-4(6)1-5(3-12)7(13)14/h1,4,6H,2H2,(H,13,14). The van der Waals surface area contributed by atoms with E-state index in [1.54, 1.807) is 0 Å². The third-order valence-electron chi connectivity index (χ3n) is 1.99. The van der Waals surface area contributed by atoms with Gasteiger partial charge in [-0.05, 0) is 12.3 Å². The lowest BCUT2D eigenvalue weighted by Gasteiger charge is -2.02. The van der Waals surface area contributed by atoms with Crippen LogP contribution >= 0.6 is 0 Å². The van der Waals surface area contributed by atoms with Crippen LogP contribution in [0.2, 0.25) is 0 Å². The topological polar surface area (TPSA) is 61.1 Å². The van der Waals surface area contributed by atoms with Crippen LogP contribution in [0.3, 0.4) is 0 Å². The lowest BCUT2D eigenvalue weighted by Crippen LogP contribution is -2.11. The maximum Gasteiger partial charge on any atom is 0.392 e. The Hall–Kier alpha value is -1.51. The molecule has 0 aromatic rings. The van der Waals surface area contributed by atoms with Gasteiger partial charge < -0.3 is 5.11 Å². The SMILES string of the molecule is N#CC(=CC1CC1C(F)(F)F)C(=O)O. The van der Waals surface area contributed by atoms with Crippen LogP contribution in [0.5, 0.6) is 0 Å². The van der Waals surface area contributed by atoms with Gasteiger partial charge in [0.05, 0.1) is 5.92 Å². The van der Waals surface area contributed by atoms with E-state index in [9.17, 15) is 18.0 Å². The molecule has 6 heteroatoms. The quantitative estimate of drug-likeness (QED) is 0.551. The van der Waals surface area contributed by atoms with Crippen molar-refractivity contribution in [2.45, 2.75) is 12.6 Å². The van der Waals surface area contributed by atoms with E-state index in [1.807, 2.05) is 0 Å². The molecule has 2 atom stereocenters. The molecule has 0 bridgehead atoms. The molecule has 14 heavy (non-hydrogen) atoms. The van der Waals surface area contributed by atoms with Crippen LogP contribution in [0.1, 0.15) is 6.42 Å². The normalized spacial score (nSPS) is 26.9. The smallest absolute Gasteiger partial charge is 0.392 e. The Morgan fingerprint density at radius 1 is 1.57 bits per heavy atom. The average Bonchev–Trinajstić information content (AvgIpc) is 2.77. The minimum absolute atomic E-state index is 0.123. The Morgan fingerprint density at radius 3 is 2.43 bits per heavy atom. The van der Waals surface area contributed by atoms with E-state index in [1.165, 1.54) is 6.07 Å². The lowest BCUT2D eigenvalue weighted by atomic mass is 10.2. The monoisotopic (exact) mass is 205 g/mol. The molecule has 1 N–H and O–H groups in total. The number of hydrogen-bond donors (Lipinski definition) is 1. The number of nitriles is 1. The predicted octanol–water partition coefficient (Wildman–Crippen LogP) is 1.72. The summed E-state index contributed by atoms with van der Waals surface area (Å²) in [4.78, 5) is 10.3. The molecule has 0 amide bonds. The molecule has 0 aromatic heterocycles. The van der Waals surface area contributed by atoms with Crippen molar-refractivity contribution in [1.82, 2.24) is 0 Å². The second-order valence-corrected chi connectivity index (χ2v) is 3.04. The number of nitrogens with zero attached hydrogens (tertiary/aromatic N) is 1. The van der Waals surface area contributed by atoms with E-state index < -0.39 is 29.6 Å². The Morgan fingerprint density at radius 2 is 2.14 bits per heavy atom. The number of carbonyl (C=O) groups is 1. The van der Waals surface area contributed by atoms with Crippen molar-refractivity contribution in [1.29, 1.82) is 5.26 Å². The molecular weight excluding hydrogens is 199 g/mol. The van der Waals surface area contributed by atoms with E-state index in [0.29, 0.717) is 0 Å². The fraction of sp³-hybridized carbons (Fsp3) is 0.500. The number of alkyl halides is 3. The first-order valence-corrected chi connectivity index (χ1v) is 3.78. The van der Waals surface area contributed by atoms with Gasteiger partial charge in [0.2, 0.25) is 0 Å². The maximum atomic E-state index is 12.0. The summed E-state index contributed by atoms with van der Waals surface area (Å²) in [6.45, 7) is 0. The zero-order chi connectivity index (χ0) is 10.9. The summed E-state index contributed by atoms with van der Waals surface area (Å²) in [6.07, 6.45) is -3.54. The highest BCUT2D eigenvalue weighted by molar-refractivity contribution is 5.91. The maximum absolute atomic E-state index is 12.0. The van der Waals surface area contributed by atoms with E-state index in [-0.39, 0.29) is 6.42 Å². The number of allylic oxidation sites excluding steroid dienone is 1. The predicted molar refractivity (Wildman–Crippen MR) is 39.0 cm³/mol. The zero-order valence-corrected chi connectivity index (χ0v) is 6.88. The first kappa shape index (κ1) is 10.6. The summed E-state index contributed by atoms with van der Waals surface area (Å²) in [5, 5.41) is 16.6. The van der Waals surface area contributed by atoms with Gasteiger partial charge in [-0.25, -0.2) is 4.79 Å². The van der Waals surface area contributed by atoms with Gasteiger partial charge in [-0.2, -0.15) is 18.4 Å². The molecule has 0 aliphatic heterocycles. The van der Waals surface area contributed by atoms with E-state index in [4.69, 9.17) is 10.4 Å². The molecule has 1 saturated carbocycles. The van der Waals surface area contributed by atoms with Gasteiger partial charge in [-0.15, -0.1) is 0 Å². The summed E-state index contributed by atoms with van der Waals surface area (Å²) >= 11 is 0. The number of rotatable bonds is 2. The fourth-order valence-electron chi connectivity index (χ4n) is 1.15. The molecule has 2 unspecified atom stereocenters. The highest BCUT2D eigenvalue weighted by Gasteiger charge is 2.54. The Labute approximate surface area is 77.4 Å². The van der Waals surface area contributed by atoms with Crippen molar-refractivity contribution in [2.24, 2.45) is 11.8 Å². The number of halogens is 3. The van der Waals surface area contributed by atoms with Gasteiger partial charge in [-0.1, -0.05) is 6.08 Å². The van der Waals surface area contributed by atoms with Crippen LogP contribution in [0.4, 0.5) is 13.2 Å². The third-order valence-corrected chi connectivity index (χ3v) is 1.99. The minimum atomic E-state index is -4.29. The molecule has 0 aromatic carbocycles. The summed E-state index contributed by atoms with van der Waals surface area (Å²) in [5.74, 6) is -3.81. The van der Waals surface area contributed by atoms with Crippen molar-refractivity contribution in [3.63, 3.8) is 0 Å². The minimum Gasteiger partial charge on any atom is -0.477 e. The van der Waals surface area contributed by atoms with Gasteiger partial charge in [0.1, 0.15) is 11.6 Å². The molecule has 1 aliphatic carbocycles. The number of carboxylic acids is 1. The van der Waals surface area contributed by atoms with Gasteiger partial charge in [0, 0.05) is 0 Å². The number of carboxylic acid groups (broad SMARTS) is 1. The molecule has 0 spiro atoms. The summed E-state index contributed by atoms with van der Waals surface area (Å²) in [7, 11) is 0. The van der Waals surface area contributed by atoms with E-state index >= 15 is 0 Å². The number of hydrogen-bond acceptors (Lipinski definition) is 2. The van der Waals surface area contributed by atoms with Crippen molar-refractivity contribution < 1.29 is 23.1 Å². The molecule has 3 nitrogen and oxygen atoms in total. The molecule has 0 saturated heterocycles. The molecule has 1 rings (SSSR count). The third kappa shape index (κ3) is 2.25. The Kier molecular flexibility index (Phi) is 2.51. The van der Waals surface area contributed by atoms with E-state index in [2.05, 4.69) is 0 Å². The molecule has 0 heterocycles. The molecule has 1 aliphatic rings. The molecule has 0 radical (unpaired) electrons. The van der Waals surface area contributed by atoms with Gasteiger partial charge in [0.15, 0.2) is 0 Å². The van der Waals surface area contributed by atoms with Crippen LogP contribution in [0, 0.1) is 23.2 Å². The second-order valence-electron chi connectivity index (χ2n) is 3.04. The van der Waals surface area contributed by atoms with Gasteiger partial charge in [0.25, 0.3) is 0 Å². The summed E-state index contributed by atoms with van der Waals surface area (Å²) in [5.41, 5.74) is -0.623.